The van der Waals surface area contributed by atoms with Gasteiger partial charge in [-0.15, -0.1) is 11.8 Å². The lowest BCUT2D eigenvalue weighted by molar-refractivity contribution is -0.143. The number of carbonyl (C=O) groups is 1. The van der Waals surface area contributed by atoms with Crippen LogP contribution >= 0.6 is 35.1 Å². The monoisotopic (exact) mass is 392 g/mol. The minimum absolute atomic E-state index is 0.441. The summed E-state index contributed by atoms with van der Waals surface area (Å²) in [6.45, 7) is 0. The highest BCUT2D eigenvalue weighted by atomic mass is 35.5. The Morgan fingerprint density at radius 2 is 1.73 bits per heavy atom. The number of esters is 1. The normalized spacial score (nSPS) is 17.0. The molecule has 0 fully saturated rings. The van der Waals surface area contributed by atoms with E-state index in [1.165, 1.54) is 6.26 Å². The number of alkyl halides is 7. The van der Waals surface area contributed by atoms with Gasteiger partial charge in [-0.2, -0.15) is 38.1 Å². The molecule has 0 heterocycles. The Morgan fingerprint density at radius 1 is 1.18 bits per heavy atom. The molecule has 2 unspecified atom stereocenters. The molecule has 0 rings (SSSR count). The quantitative estimate of drug-likeness (QED) is 0.335. The lowest BCUT2D eigenvalue weighted by Crippen LogP contribution is -2.34. The van der Waals surface area contributed by atoms with Gasteiger partial charge >= 0.3 is 18.3 Å². The maximum Gasteiger partial charge on any atom is 0.400 e. The average molecular weight is 393 g/mol. The van der Waals surface area contributed by atoms with Crippen molar-refractivity contribution >= 4 is 41.1 Å². The Labute approximate surface area is 137 Å². The van der Waals surface area contributed by atoms with E-state index in [2.05, 4.69) is 4.74 Å². The van der Waals surface area contributed by atoms with E-state index < -0.39 is 52.8 Å². The second kappa shape index (κ2) is 8.77. The third-order valence-electron chi connectivity index (χ3n) is 2.58. The summed E-state index contributed by atoms with van der Waals surface area (Å²) in [6, 6.07) is 0. The summed E-state index contributed by atoms with van der Waals surface area (Å²) in [7, 11) is 0.972. The average Bonchev–Trinajstić information content (AvgIpc) is 2.35. The van der Waals surface area contributed by atoms with Crippen LogP contribution in [0.2, 0.25) is 0 Å². The van der Waals surface area contributed by atoms with Gasteiger partial charge in [-0.05, 0) is 19.1 Å². The smallest absolute Gasteiger partial charge is 0.400 e. The molecular weight excluding hydrogens is 378 g/mol. The molecule has 0 saturated carbocycles. The molecule has 0 aliphatic carbocycles. The molecule has 132 valence electrons. The van der Waals surface area contributed by atoms with Gasteiger partial charge in [0.25, 0.3) is 0 Å². The first-order valence-electron chi connectivity index (χ1n) is 5.93. The van der Waals surface area contributed by atoms with Crippen molar-refractivity contribution in [1.82, 2.24) is 0 Å². The van der Waals surface area contributed by atoms with Crippen LogP contribution in [0.3, 0.4) is 0 Å². The minimum atomic E-state index is -4.48. The molecule has 0 saturated heterocycles. The Kier molecular flexibility index (Phi) is 8.79. The SMILES string of the molecule is COC(=O)C(Cl)(CCC(SC)C(F)(F)F)SCCC(F)(F)F. The Hall–Kier alpha value is 0.0400. The van der Waals surface area contributed by atoms with Crippen LogP contribution in [-0.4, -0.2) is 46.9 Å². The molecule has 0 N–H and O–H groups in total. The fourth-order valence-electron chi connectivity index (χ4n) is 1.45. The van der Waals surface area contributed by atoms with Crippen LogP contribution in [-0.2, 0) is 9.53 Å². The van der Waals surface area contributed by atoms with Gasteiger partial charge in [0.1, 0.15) is 5.25 Å². The van der Waals surface area contributed by atoms with Crippen molar-refractivity contribution in [2.75, 3.05) is 19.1 Å². The number of methoxy groups -OCH3 is 1. The number of halogens is 7. The van der Waals surface area contributed by atoms with Gasteiger partial charge in [-0.1, -0.05) is 11.6 Å². The molecule has 0 spiro atoms. The fraction of sp³-hybridized carbons (Fsp3) is 0.909. The molecule has 0 aliphatic heterocycles. The van der Waals surface area contributed by atoms with Crippen LogP contribution in [0.1, 0.15) is 19.3 Å². The summed E-state index contributed by atoms with van der Waals surface area (Å²) >= 11 is 6.90. The maximum absolute atomic E-state index is 12.7. The number of rotatable bonds is 8. The van der Waals surface area contributed by atoms with E-state index in [0.717, 1.165) is 7.11 Å². The van der Waals surface area contributed by atoms with Gasteiger partial charge in [0.05, 0.1) is 13.5 Å². The largest absolute Gasteiger partial charge is 0.467 e. The van der Waals surface area contributed by atoms with E-state index in [1.807, 2.05) is 0 Å². The molecule has 0 aromatic carbocycles. The predicted molar refractivity (Wildman–Crippen MR) is 76.3 cm³/mol. The van der Waals surface area contributed by atoms with Gasteiger partial charge in [-0.25, -0.2) is 4.79 Å². The number of hydrogen-bond donors (Lipinski definition) is 0. The summed E-state index contributed by atoms with van der Waals surface area (Å²) in [6.07, 6.45) is -9.81. The first-order chi connectivity index (χ1) is 9.85. The summed E-state index contributed by atoms with van der Waals surface area (Å²) in [5.74, 6) is -1.60. The first-order valence-corrected chi connectivity index (χ1v) is 8.58. The standard InChI is InChI=1S/C11H15ClF6O2S2/c1-20-8(19)9(12,22-6-5-10(13,14)15)4-3-7(21-2)11(16,17)18/h7H,3-6H2,1-2H3. The third-order valence-corrected chi connectivity index (χ3v) is 5.56. The lowest BCUT2D eigenvalue weighted by Gasteiger charge is -2.26. The molecule has 0 aromatic rings. The fourth-order valence-corrected chi connectivity index (χ4v) is 3.60. The molecule has 0 bridgehead atoms. The summed E-state index contributed by atoms with van der Waals surface area (Å²) in [5, 5.41) is -1.75. The Bertz CT molecular complexity index is 363. The van der Waals surface area contributed by atoms with E-state index in [1.54, 1.807) is 0 Å². The van der Waals surface area contributed by atoms with Crippen molar-refractivity contribution in [1.29, 1.82) is 0 Å². The second-order valence-electron chi connectivity index (χ2n) is 4.24. The van der Waals surface area contributed by atoms with Gasteiger partial charge in [0.2, 0.25) is 0 Å². The number of hydrogen-bond acceptors (Lipinski definition) is 4. The van der Waals surface area contributed by atoms with Crippen LogP contribution in [0.4, 0.5) is 26.3 Å². The molecule has 0 radical (unpaired) electrons. The van der Waals surface area contributed by atoms with Crippen molar-refractivity contribution in [2.24, 2.45) is 0 Å². The van der Waals surface area contributed by atoms with Crippen molar-refractivity contribution in [3.8, 4) is 0 Å². The Balaban J connectivity index is 4.79. The number of ether oxygens (including phenoxy) is 1. The molecule has 2 atom stereocenters. The summed E-state index contributed by atoms with van der Waals surface area (Å²) < 4.78 is 76.7. The van der Waals surface area contributed by atoms with E-state index in [-0.39, 0.29) is 0 Å². The van der Waals surface area contributed by atoms with Crippen LogP contribution in [0, 0.1) is 0 Å². The van der Waals surface area contributed by atoms with Crippen LogP contribution in [0.25, 0.3) is 0 Å². The number of thioether (sulfide) groups is 2. The van der Waals surface area contributed by atoms with Gasteiger partial charge in [0.15, 0.2) is 4.21 Å². The zero-order chi connectivity index (χ0) is 17.6. The molecule has 0 aliphatic rings. The van der Waals surface area contributed by atoms with Crippen molar-refractivity contribution < 1.29 is 35.9 Å². The molecule has 11 heteroatoms. The zero-order valence-electron chi connectivity index (χ0n) is 11.7. The second-order valence-corrected chi connectivity index (χ2v) is 7.54. The van der Waals surface area contributed by atoms with E-state index in [4.69, 9.17) is 11.6 Å². The van der Waals surface area contributed by atoms with Crippen LogP contribution in [0.15, 0.2) is 0 Å². The molecule has 0 aromatic heterocycles. The van der Waals surface area contributed by atoms with Crippen molar-refractivity contribution in [3.63, 3.8) is 0 Å². The molecule has 0 amide bonds. The van der Waals surface area contributed by atoms with E-state index >= 15 is 0 Å². The van der Waals surface area contributed by atoms with Gasteiger partial charge in [-0.3, -0.25) is 0 Å². The highest BCUT2D eigenvalue weighted by Crippen LogP contribution is 2.41. The minimum Gasteiger partial charge on any atom is -0.467 e. The first kappa shape index (κ1) is 22.0. The van der Waals surface area contributed by atoms with Crippen molar-refractivity contribution in [2.45, 2.75) is 41.1 Å². The molecule has 2 nitrogen and oxygen atoms in total. The van der Waals surface area contributed by atoms with Crippen LogP contribution in [0.5, 0.6) is 0 Å². The van der Waals surface area contributed by atoms with Gasteiger partial charge < -0.3 is 4.74 Å². The topological polar surface area (TPSA) is 26.3 Å². The zero-order valence-corrected chi connectivity index (χ0v) is 14.1. The Morgan fingerprint density at radius 3 is 2.09 bits per heavy atom. The lowest BCUT2D eigenvalue weighted by atomic mass is 10.1. The van der Waals surface area contributed by atoms with E-state index in [0.29, 0.717) is 23.5 Å². The number of carbonyl (C=O) groups excluding carboxylic acids is 1. The third kappa shape index (κ3) is 8.05. The molecule has 22 heavy (non-hydrogen) atoms. The van der Waals surface area contributed by atoms with E-state index in [9.17, 15) is 31.1 Å². The summed E-state index contributed by atoms with van der Waals surface area (Å²) in [4.78, 5) is 11.6. The summed E-state index contributed by atoms with van der Waals surface area (Å²) in [5.41, 5.74) is 0. The molecular formula is C11H15ClF6O2S2. The van der Waals surface area contributed by atoms with Gasteiger partial charge in [0, 0.05) is 5.75 Å². The highest BCUT2D eigenvalue weighted by Gasteiger charge is 2.44. The van der Waals surface area contributed by atoms with Crippen LogP contribution < -0.4 is 0 Å². The maximum atomic E-state index is 12.7. The predicted octanol–water partition coefficient (Wildman–Crippen LogP) is 4.85. The highest BCUT2D eigenvalue weighted by molar-refractivity contribution is 8.02. The van der Waals surface area contributed by atoms with Crippen molar-refractivity contribution in [3.05, 3.63) is 0 Å².